The Labute approximate surface area is 135 Å². The van der Waals surface area contributed by atoms with Crippen molar-refractivity contribution in [3.8, 4) is 5.75 Å². The van der Waals surface area contributed by atoms with Crippen LogP contribution in [0.3, 0.4) is 0 Å². The third-order valence-corrected chi connectivity index (χ3v) is 3.35. The van der Waals surface area contributed by atoms with Crippen molar-refractivity contribution >= 4 is 18.1 Å². The lowest BCUT2D eigenvalue weighted by atomic mass is 10.0. The molecular weight excluding hydrogens is 300 g/mol. The molecule has 0 radical (unpaired) electrons. The monoisotopic (exact) mass is 324 g/mol. The van der Waals surface area contributed by atoms with E-state index in [0.29, 0.717) is 23.1 Å². The molecule has 3 N–H and O–H groups in total. The van der Waals surface area contributed by atoms with E-state index in [4.69, 9.17) is 4.74 Å². The van der Waals surface area contributed by atoms with E-state index in [0.717, 1.165) is 19.3 Å². The van der Waals surface area contributed by atoms with Crippen molar-refractivity contribution in [3.05, 3.63) is 18.3 Å². The maximum absolute atomic E-state index is 12.3. The number of ether oxygens (including phenoxy) is 1. The molecule has 8 nitrogen and oxygen atoms in total. The number of methoxy groups -OCH3 is 1. The van der Waals surface area contributed by atoms with Crippen LogP contribution in [0.15, 0.2) is 18.3 Å². The van der Waals surface area contributed by atoms with Gasteiger partial charge in [-0.05, 0) is 18.6 Å². The number of nitrogens with zero attached hydrogens (tertiary/aromatic N) is 2. The average molecular weight is 324 g/mol. The van der Waals surface area contributed by atoms with Crippen molar-refractivity contribution in [2.24, 2.45) is 5.92 Å². The number of pyridine rings is 1. The summed E-state index contributed by atoms with van der Waals surface area (Å²) in [7, 11) is 1.51. The normalized spacial score (nSPS) is 11.4. The van der Waals surface area contributed by atoms with Crippen molar-refractivity contribution in [2.45, 2.75) is 32.6 Å². The zero-order chi connectivity index (χ0) is 17.1. The summed E-state index contributed by atoms with van der Waals surface area (Å²) in [6.07, 6.45) is 5.28. The van der Waals surface area contributed by atoms with Gasteiger partial charge in [-0.3, -0.25) is 25.6 Å². The van der Waals surface area contributed by atoms with E-state index < -0.39 is 5.92 Å². The second kappa shape index (κ2) is 10.4. The molecule has 0 aliphatic rings. The SMILES string of the molecule is CCCCCC(CN(O)C=O)C(=O)NNc1ncccc1OC. The van der Waals surface area contributed by atoms with Gasteiger partial charge in [-0.1, -0.05) is 26.2 Å². The smallest absolute Gasteiger partial charge is 0.243 e. The summed E-state index contributed by atoms with van der Waals surface area (Å²) < 4.78 is 5.13. The van der Waals surface area contributed by atoms with Crippen LogP contribution >= 0.6 is 0 Å². The molecular formula is C15H24N4O4. The Morgan fingerprint density at radius 1 is 1.52 bits per heavy atom. The highest BCUT2D eigenvalue weighted by Gasteiger charge is 2.21. The molecule has 1 aromatic rings. The van der Waals surface area contributed by atoms with Gasteiger partial charge in [-0.2, -0.15) is 0 Å². The predicted octanol–water partition coefficient (Wildman–Crippen LogP) is 1.58. The first kappa shape index (κ1) is 18.7. The molecule has 0 saturated heterocycles. The van der Waals surface area contributed by atoms with E-state index in [1.807, 2.05) is 0 Å². The molecule has 2 amide bonds. The second-order valence-corrected chi connectivity index (χ2v) is 5.09. The van der Waals surface area contributed by atoms with Crippen molar-refractivity contribution in [1.29, 1.82) is 0 Å². The second-order valence-electron chi connectivity index (χ2n) is 5.09. The Kier molecular flexibility index (Phi) is 8.45. The average Bonchev–Trinajstić information content (AvgIpc) is 2.58. The van der Waals surface area contributed by atoms with Crippen molar-refractivity contribution in [1.82, 2.24) is 15.5 Å². The molecule has 1 aromatic heterocycles. The van der Waals surface area contributed by atoms with Crippen molar-refractivity contribution < 1.29 is 19.5 Å². The molecule has 0 fully saturated rings. The zero-order valence-electron chi connectivity index (χ0n) is 13.5. The van der Waals surface area contributed by atoms with E-state index in [1.54, 1.807) is 18.3 Å². The Hall–Kier alpha value is -2.35. The van der Waals surface area contributed by atoms with E-state index in [1.165, 1.54) is 7.11 Å². The topological polar surface area (TPSA) is 104 Å². The number of amides is 2. The number of nitrogens with one attached hydrogen (secondary N) is 2. The molecule has 128 valence electrons. The standard InChI is InChI=1S/C15H24N4O4/c1-3-4-5-7-12(10-19(22)11-20)15(21)18-17-14-13(23-2)8-6-9-16-14/h6,8-9,11-12,22H,3-5,7,10H2,1-2H3,(H,16,17)(H,18,21). The van der Waals surface area contributed by atoms with Crippen LogP contribution in [-0.4, -0.2) is 41.2 Å². The fourth-order valence-electron chi connectivity index (χ4n) is 2.09. The lowest BCUT2D eigenvalue weighted by molar-refractivity contribution is -0.154. The van der Waals surface area contributed by atoms with Gasteiger partial charge >= 0.3 is 0 Å². The summed E-state index contributed by atoms with van der Waals surface area (Å²) in [4.78, 5) is 26.9. The number of rotatable bonds is 11. The molecule has 0 aromatic carbocycles. The van der Waals surface area contributed by atoms with Crippen LogP contribution in [0.5, 0.6) is 5.75 Å². The largest absolute Gasteiger partial charge is 0.493 e. The van der Waals surface area contributed by atoms with Crippen LogP contribution in [0.1, 0.15) is 32.6 Å². The minimum atomic E-state index is -0.515. The summed E-state index contributed by atoms with van der Waals surface area (Å²) in [6.45, 7) is 2.01. The predicted molar refractivity (Wildman–Crippen MR) is 84.7 cm³/mol. The maximum atomic E-state index is 12.3. The van der Waals surface area contributed by atoms with Crippen LogP contribution in [0.4, 0.5) is 5.82 Å². The van der Waals surface area contributed by atoms with Gasteiger partial charge < -0.3 is 4.74 Å². The van der Waals surface area contributed by atoms with Gasteiger partial charge in [-0.25, -0.2) is 10.0 Å². The van der Waals surface area contributed by atoms with E-state index >= 15 is 0 Å². The number of hydrogen-bond donors (Lipinski definition) is 3. The third kappa shape index (κ3) is 6.52. The highest BCUT2D eigenvalue weighted by molar-refractivity contribution is 5.80. The Morgan fingerprint density at radius 2 is 2.30 bits per heavy atom. The van der Waals surface area contributed by atoms with E-state index in [-0.39, 0.29) is 18.9 Å². The minimum absolute atomic E-state index is 0.0555. The first-order valence-electron chi connectivity index (χ1n) is 7.58. The van der Waals surface area contributed by atoms with Gasteiger partial charge in [0.25, 0.3) is 0 Å². The Bertz CT molecular complexity index is 498. The number of hydroxylamine groups is 2. The van der Waals surface area contributed by atoms with E-state index in [2.05, 4.69) is 22.8 Å². The number of unbranched alkanes of at least 4 members (excludes halogenated alkanes) is 2. The van der Waals surface area contributed by atoms with Crippen molar-refractivity contribution in [2.75, 3.05) is 19.1 Å². The summed E-state index contributed by atoms with van der Waals surface area (Å²) in [5, 5.41) is 9.82. The van der Waals surface area contributed by atoms with Gasteiger partial charge in [-0.15, -0.1) is 0 Å². The van der Waals surface area contributed by atoms with Crippen LogP contribution in [-0.2, 0) is 9.59 Å². The lowest BCUT2D eigenvalue weighted by Gasteiger charge is -2.20. The van der Waals surface area contributed by atoms with Crippen molar-refractivity contribution in [3.63, 3.8) is 0 Å². The number of hydrogen-bond acceptors (Lipinski definition) is 6. The van der Waals surface area contributed by atoms with Gasteiger partial charge in [0, 0.05) is 6.20 Å². The fourth-order valence-corrected chi connectivity index (χ4v) is 2.09. The summed E-state index contributed by atoms with van der Waals surface area (Å²) in [6, 6.07) is 3.43. The van der Waals surface area contributed by atoms with Gasteiger partial charge in [0.05, 0.1) is 19.6 Å². The molecule has 8 heteroatoms. The number of hydrazine groups is 1. The number of anilines is 1. The molecule has 1 atom stereocenters. The number of carbonyl (C=O) groups is 2. The van der Waals surface area contributed by atoms with Gasteiger partial charge in [0.15, 0.2) is 11.6 Å². The van der Waals surface area contributed by atoms with Crippen LogP contribution in [0.2, 0.25) is 0 Å². The molecule has 1 heterocycles. The maximum Gasteiger partial charge on any atom is 0.243 e. The highest BCUT2D eigenvalue weighted by Crippen LogP contribution is 2.19. The molecule has 0 aliphatic carbocycles. The third-order valence-electron chi connectivity index (χ3n) is 3.35. The first-order chi connectivity index (χ1) is 11.1. The Morgan fingerprint density at radius 3 is 2.96 bits per heavy atom. The Balaban J connectivity index is 2.62. The van der Waals surface area contributed by atoms with Crippen LogP contribution in [0, 0.1) is 5.92 Å². The fraction of sp³-hybridized carbons (Fsp3) is 0.533. The zero-order valence-corrected chi connectivity index (χ0v) is 13.5. The quantitative estimate of drug-likeness (QED) is 0.247. The molecule has 23 heavy (non-hydrogen) atoms. The van der Waals surface area contributed by atoms with Crippen LogP contribution < -0.4 is 15.6 Å². The van der Waals surface area contributed by atoms with Crippen LogP contribution in [0.25, 0.3) is 0 Å². The first-order valence-corrected chi connectivity index (χ1v) is 7.58. The lowest BCUT2D eigenvalue weighted by Crippen LogP contribution is -2.40. The minimum Gasteiger partial charge on any atom is -0.493 e. The molecule has 0 bridgehead atoms. The molecule has 0 aliphatic heterocycles. The number of carbonyl (C=O) groups excluding carboxylic acids is 2. The molecule has 0 saturated carbocycles. The van der Waals surface area contributed by atoms with Gasteiger partial charge in [0.2, 0.25) is 12.3 Å². The summed E-state index contributed by atoms with van der Waals surface area (Å²) in [5.74, 6) is 0.0348. The van der Waals surface area contributed by atoms with Gasteiger partial charge in [0.1, 0.15) is 0 Å². The summed E-state index contributed by atoms with van der Waals surface area (Å²) >= 11 is 0. The molecule has 0 spiro atoms. The summed E-state index contributed by atoms with van der Waals surface area (Å²) in [5.41, 5.74) is 5.25. The molecule has 1 rings (SSSR count). The van der Waals surface area contributed by atoms with E-state index in [9.17, 15) is 14.8 Å². The molecule has 1 unspecified atom stereocenters. The number of aromatic nitrogens is 1. The highest BCUT2D eigenvalue weighted by atomic mass is 16.5.